The zero-order chi connectivity index (χ0) is 30.4. The van der Waals surface area contributed by atoms with Gasteiger partial charge in [0.15, 0.2) is 0 Å². The topological polar surface area (TPSA) is 60.4 Å². The van der Waals surface area contributed by atoms with Crippen LogP contribution in [0.25, 0.3) is 0 Å². The maximum atomic E-state index is 15.0. The van der Waals surface area contributed by atoms with E-state index in [1.54, 1.807) is 0 Å². The van der Waals surface area contributed by atoms with Crippen molar-refractivity contribution in [2.24, 2.45) is 0 Å². The lowest BCUT2D eigenvalue weighted by atomic mass is 9.98. The molecule has 3 aliphatic carbocycles. The van der Waals surface area contributed by atoms with Crippen molar-refractivity contribution in [3.63, 3.8) is 0 Å². The van der Waals surface area contributed by atoms with E-state index in [0.29, 0.717) is 51.4 Å². The van der Waals surface area contributed by atoms with Crippen LogP contribution in [0, 0.1) is 0 Å². The van der Waals surface area contributed by atoms with Crippen LogP contribution >= 0.6 is 10.3 Å². The summed E-state index contributed by atoms with van der Waals surface area (Å²) in [6.45, 7) is 0. The van der Waals surface area contributed by atoms with Crippen molar-refractivity contribution in [3.8, 4) is 0 Å². The van der Waals surface area contributed by atoms with Gasteiger partial charge >= 0.3 is 39.3 Å². The Hall–Kier alpha value is -0.840. The molecule has 0 radical (unpaired) electrons. The molecule has 3 rings (SSSR count). The van der Waals surface area contributed by atoms with Crippen molar-refractivity contribution in [1.82, 2.24) is 0 Å². The van der Waals surface area contributed by atoms with Gasteiger partial charge in [0.25, 0.3) is 0 Å². The number of ketones is 1. The fourth-order valence-electron chi connectivity index (χ4n) is 6.02. The quantitative estimate of drug-likeness (QED) is 0.237. The molecule has 3 aliphatic rings. The molecule has 236 valence electrons. The van der Waals surface area contributed by atoms with Crippen molar-refractivity contribution in [2.45, 2.75) is 135 Å². The molecule has 0 aliphatic heterocycles. The summed E-state index contributed by atoms with van der Waals surface area (Å²) in [7, 11) is -11.0. The highest BCUT2D eigenvalue weighted by atomic mass is 32.3. The van der Waals surface area contributed by atoms with Gasteiger partial charge in [0.1, 0.15) is 5.78 Å². The third-order valence-electron chi connectivity index (χ3n) is 8.12. The van der Waals surface area contributed by atoms with Crippen LogP contribution in [-0.4, -0.2) is 59.1 Å². The van der Waals surface area contributed by atoms with E-state index in [4.69, 9.17) is 3.63 Å². The van der Waals surface area contributed by atoms with Crippen molar-refractivity contribution >= 4 is 26.2 Å². The Morgan fingerprint density at radius 2 is 1.00 bits per heavy atom. The van der Waals surface area contributed by atoms with Gasteiger partial charge in [-0.2, -0.15) is 56.7 Å². The molecule has 40 heavy (non-hydrogen) atoms. The SMILES string of the molecule is O=C1CCCCC1S(OS(=O)(=O)C(F)(F)C(F)(F)C(F)(F)C(F)(F)C(F)(F)F)(C1CCCCC1)C1CCCCC1. The molecule has 0 N–H and O–H groups in total. The van der Waals surface area contributed by atoms with Gasteiger partial charge < -0.3 is 0 Å². The molecule has 0 amide bonds. The van der Waals surface area contributed by atoms with Crippen molar-refractivity contribution in [3.05, 3.63) is 0 Å². The van der Waals surface area contributed by atoms with E-state index in [1.165, 1.54) is 0 Å². The van der Waals surface area contributed by atoms with Gasteiger partial charge in [0.2, 0.25) is 0 Å². The van der Waals surface area contributed by atoms with E-state index in [-0.39, 0.29) is 38.5 Å². The number of carbonyl (C=O) groups is 1. The van der Waals surface area contributed by atoms with Crippen LogP contribution in [0.5, 0.6) is 0 Å². The lowest BCUT2D eigenvalue weighted by Gasteiger charge is -2.57. The number of rotatable bonds is 9. The van der Waals surface area contributed by atoms with Crippen LogP contribution in [0.15, 0.2) is 0 Å². The highest BCUT2D eigenvalue weighted by molar-refractivity contribution is 8.34. The molecule has 0 aromatic rings. The molecule has 1 atom stereocenters. The second kappa shape index (κ2) is 11.3. The van der Waals surface area contributed by atoms with Gasteiger partial charge in [-0.25, -0.2) is 3.63 Å². The number of hydrogen-bond acceptors (Lipinski definition) is 4. The minimum atomic E-state index is -7.88. The Labute approximate surface area is 226 Å². The smallest absolute Gasteiger partial charge is 0.298 e. The third-order valence-corrected chi connectivity index (χ3v) is 15.1. The van der Waals surface area contributed by atoms with Gasteiger partial charge in [0.05, 0.1) is 5.25 Å². The Bertz CT molecular complexity index is 1000. The monoisotopic (exact) mass is 644 g/mol. The second-order valence-electron chi connectivity index (χ2n) is 10.7. The predicted octanol–water partition coefficient (Wildman–Crippen LogP) is 8.29. The number of carbonyl (C=O) groups excluding carboxylic acids is 1. The summed E-state index contributed by atoms with van der Waals surface area (Å²) in [5, 5.41) is -10.3. The van der Waals surface area contributed by atoms with E-state index < -0.39 is 71.2 Å². The zero-order valence-corrected chi connectivity index (χ0v) is 22.9. The Kier molecular flexibility index (Phi) is 9.54. The number of halogens is 11. The highest BCUT2D eigenvalue weighted by Crippen LogP contribution is 2.71. The molecule has 0 spiro atoms. The normalized spacial score (nSPS) is 24.8. The van der Waals surface area contributed by atoms with Gasteiger partial charge in [-0.15, -0.1) is 10.3 Å². The van der Waals surface area contributed by atoms with Crippen LogP contribution < -0.4 is 0 Å². The van der Waals surface area contributed by atoms with Gasteiger partial charge in [-0.1, -0.05) is 44.9 Å². The van der Waals surface area contributed by atoms with Crippen LogP contribution in [0.2, 0.25) is 0 Å². The van der Waals surface area contributed by atoms with Gasteiger partial charge in [-0.3, -0.25) is 4.79 Å². The molecule has 0 heterocycles. The fourth-order valence-corrected chi connectivity index (χ4v) is 14.0. The zero-order valence-electron chi connectivity index (χ0n) is 21.2. The molecule has 0 saturated heterocycles. The van der Waals surface area contributed by atoms with Crippen LogP contribution in [0.1, 0.15) is 89.9 Å². The number of alkyl halides is 11. The summed E-state index contributed by atoms with van der Waals surface area (Å²) in [6.07, 6.45) is -3.13. The predicted molar refractivity (Wildman–Crippen MR) is 124 cm³/mol. The van der Waals surface area contributed by atoms with Crippen LogP contribution in [-0.2, 0) is 18.5 Å². The molecule has 0 aromatic carbocycles. The Morgan fingerprint density at radius 3 is 1.40 bits per heavy atom. The summed E-state index contributed by atoms with van der Waals surface area (Å²) in [5.74, 6) is -23.9. The standard InChI is InChI=1S/C23H31F11O4S2/c24-19(25,20(26,27)22(30,31)32)21(28,29)23(33,34)40(36,37)38-39(15-9-3-1-4-10-15,16-11-5-2-6-12-16)18-14-8-7-13-17(18)35/h15-16,18H,1-14H2. The Morgan fingerprint density at radius 1 is 0.575 bits per heavy atom. The van der Waals surface area contributed by atoms with Crippen LogP contribution in [0.3, 0.4) is 0 Å². The first-order valence-corrected chi connectivity index (χ1v) is 16.2. The molecule has 3 fully saturated rings. The minimum absolute atomic E-state index is 0.0407. The molecule has 1 unspecified atom stereocenters. The van der Waals surface area contributed by atoms with E-state index >= 15 is 8.78 Å². The summed E-state index contributed by atoms with van der Waals surface area (Å²) in [4.78, 5) is 13.1. The summed E-state index contributed by atoms with van der Waals surface area (Å²) in [5.41, 5.74) is 0. The van der Waals surface area contributed by atoms with Crippen molar-refractivity contribution in [1.29, 1.82) is 0 Å². The van der Waals surface area contributed by atoms with Gasteiger partial charge in [0, 0.05) is 16.9 Å². The molecular formula is C23H31F11O4S2. The first-order valence-electron chi connectivity index (χ1n) is 13.0. The third kappa shape index (κ3) is 5.37. The van der Waals surface area contributed by atoms with Crippen molar-refractivity contribution < 1.29 is 65.1 Å². The van der Waals surface area contributed by atoms with E-state index in [0.717, 1.165) is 0 Å². The molecule has 4 nitrogen and oxygen atoms in total. The van der Waals surface area contributed by atoms with Crippen molar-refractivity contribution in [2.75, 3.05) is 0 Å². The molecule has 0 aromatic heterocycles. The maximum absolute atomic E-state index is 15.0. The van der Waals surface area contributed by atoms with Gasteiger partial charge in [-0.05, 0) is 38.5 Å². The number of Topliss-reactive ketones (excluding diaryl/α,β-unsaturated/α-hetero) is 1. The number of hydrogen-bond donors (Lipinski definition) is 0. The maximum Gasteiger partial charge on any atom is 0.460 e. The van der Waals surface area contributed by atoms with E-state index in [9.17, 15) is 52.7 Å². The largest absolute Gasteiger partial charge is 0.460 e. The van der Waals surface area contributed by atoms with E-state index in [1.807, 2.05) is 0 Å². The molecule has 0 bridgehead atoms. The lowest BCUT2D eigenvalue weighted by Crippen LogP contribution is -2.68. The summed E-state index contributed by atoms with van der Waals surface area (Å²) >= 11 is 0. The average Bonchev–Trinajstić information content (AvgIpc) is 2.87. The first-order chi connectivity index (χ1) is 18.2. The molecule has 3 saturated carbocycles. The molecule has 17 heteroatoms. The molecular weight excluding hydrogens is 613 g/mol. The average molecular weight is 645 g/mol. The Balaban J connectivity index is 2.19. The summed E-state index contributed by atoms with van der Waals surface area (Å²) < 4.78 is 182. The van der Waals surface area contributed by atoms with E-state index in [2.05, 4.69) is 0 Å². The minimum Gasteiger partial charge on any atom is -0.298 e. The fraction of sp³-hybridized carbons (Fsp3) is 0.957. The first kappa shape index (κ1) is 33.7. The summed E-state index contributed by atoms with van der Waals surface area (Å²) in [6, 6.07) is 0. The lowest BCUT2D eigenvalue weighted by molar-refractivity contribution is -0.413. The second-order valence-corrected chi connectivity index (χ2v) is 15.9. The highest BCUT2D eigenvalue weighted by Gasteiger charge is 2.90. The van der Waals surface area contributed by atoms with Crippen LogP contribution in [0.4, 0.5) is 48.3 Å².